The summed E-state index contributed by atoms with van der Waals surface area (Å²) in [5.41, 5.74) is 11.2. The Morgan fingerprint density at radius 1 is 0.583 bits per heavy atom. The molecule has 0 aliphatic heterocycles. The minimum Gasteiger partial charge on any atom is -0.418 e. The molecule has 0 atom stereocenters. The van der Waals surface area contributed by atoms with Crippen LogP contribution < -0.4 is 0 Å². The number of benzene rings is 3. The van der Waals surface area contributed by atoms with Crippen molar-refractivity contribution < 1.29 is 21.7 Å². The van der Waals surface area contributed by atoms with Crippen LogP contribution in [0.15, 0.2) is 52.9 Å². The first-order chi connectivity index (χ1) is 16.4. The highest BCUT2D eigenvalue weighted by atomic mass is 19.5. The van der Waals surface area contributed by atoms with Gasteiger partial charge >= 0.3 is 18.4 Å². The van der Waals surface area contributed by atoms with E-state index < -0.39 is 7.25 Å². The quantitative estimate of drug-likeness (QED) is 0.110. The van der Waals surface area contributed by atoms with Crippen molar-refractivity contribution in [3.63, 3.8) is 0 Å². The smallest absolute Gasteiger partial charge is 0.418 e. The maximum Gasteiger partial charge on any atom is 0.673 e. The standard InChI is InChI=1S/C30H35O.BF4/c1-18-14-19(2)27(20(3)15-18)28-23-12-10-21(29(4,5)6)16-25(23)31-26-17-22(30(7,8)9)11-13-24(26)28;2-1(3,4)5/h10-17H,1-9H3;/q+1;-1. The van der Waals surface area contributed by atoms with Crippen molar-refractivity contribution >= 4 is 29.2 Å². The maximum absolute atomic E-state index is 9.75. The minimum atomic E-state index is -6.00. The van der Waals surface area contributed by atoms with Gasteiger partial charge in [-0.25, -0.2) is 4.42 Å². The molecule has 1 aromatic heterocycles. The van der Waals surface area contributed by atoms with Gasteiger partial charge in [0, 0.05) is 17.7 Å². The van der Waals surface area contributed by atoms with E-state index in [0.717, 1.165) is 11.2 Å². The van der Waals surface area contributed by atoms with Crippen molar-refractivity contribution in [1.82, 2.24) is 0 Å². The van der Waals surface area contributed by atoms with E-state index in [2.05, 4.69) is 111 Å². The fourth-order valence-electron chi connectivity index (χ4n) is 4.67. The van der Waals surface area contributed by atoms with Crippen molar-refractivity contribution in [2.75, 3.05) is 0 Å². The topological polar surface area (TPSA) is 11.3 Å². The second-order valence-corrected chi connectivity index (χ2v) is 11.7. The fourth-order valence-corrected chi connectivity index (χ4v) is 4.67. The van der Waals surface area contributed by atoms with E-state index in [9.17, 15) is 17.3 Å². The van der Waals surface area contributed by atoms with Gasteiger partial charge in [-0.15, -0.1) is 0 Å². The SMILES string of the molecule is Cc1cc(C)c(-c2c3ccc(C(C)(C)C)cc3[o+]c3cc(C(C)(C)C)ccc23)c(C)c1.F[B-](F)(F)F. The van der Waals surface area contributed by atoms with E-state index in [1.54, 1.807) is 0 Å². The predicted molar refractivity (Wildman–Crippen MR) is 145 cm³/mol. The van der Waals surface area contributed by atoms with Gasteiger partial charge in [0.25, 0.3) is 0 Å². The van der Waals surface area contributed by atoms with Gasteiger partial charge in [-0.1, -0.05) is 71.4 Å². The molecule has 3 aromatic carbocycles. The molecule has 0 bridgehead atoms. The molecule has 0 unspecified atom stereocenters. The first kappa shape index (κ1) is 27.7. The second kappa shape index (κ2) is 9.53. The third-order valence-corrected chi connectivity index (χ3v) is 6.38. The van der Waals surface area contributed by atoms with Crippen LogP contribution in [-0.4, -0.2) is 7.25 Å². The van der Waals surface area contributed by atoms with Gasteiger partial charge in [0.15, 0.2) is 0 Å². The number of hydrogen-bond donors (Lipinski definition) is 0. The lowest BCUT2D eigenvalue weighted by Crippen LogP contribution is -2.11. The van der Waals surface area contributed by atoms with Crippen LogP contribution in [0, 0.1) is 20.8 Å². The third-order valence-electron chi connectivity index (χ3n) is 6.38. The predicted octanol–water partition coefficient (Wildman–Crippen LogP) is 10.4. The number of fused-ring (bicyclic) bond motifs is 2. The molecule has 1 heterocycles. The van der Waals surface area contributed by atoms with Crippen LogP contribution in [0.1, 0.15) is 69.4 Å². The summed E-state index contributed by atoms with van der Waals surface area (Å²) in [5, 5.41) is 2.36. The summed E-state index contributed by atoms with van der Waals surface area (Å²) in [6, 6.07) is 18.1. The molecule has 36 heavy (non-hydrogen) atoms. The monoisotopic (exact) mass is 498 g/mol. The first-order valence-electron chi connectivity index (χ1n) is 12.2. The lowest BCUT2D eigenvalue weighted by Gasteiger charge is -2.20. The van der Waals surface area contributed by atoms with Crippen LogP contribution in [0.25, 0.3) is 33.1 Å². The Kier molecular flexibility index (Phi) is 7.33. The van der Waals surface area contributed by atoms with Crippen LogP contribution in [0.3, 0.4) is 0 Å². The molecule has 4 rings (SSSR count). The largest absolute Gasteiger partial charge is 0.673 e. The van der Waals surface area contributed by atoms with Gasteiger partial charge in [-0.3, -0.25) is 0 Å². The molecule has 0 aliphatic carbocycles. The molecule has 1 nitrogen and oxygen atoms in total. The summed E-state index contributed by atoms with van der Waals surface area (Å²) in [6.07, 6.45) is 0. The fraction of sp³-hybridized carbons (Fsp3) is 0.367. The van der Waals surface area contributed by atoms with E-state index in [4.69, 9.17) is 4.42 Å². The molecular weight excluding hydrogens is 463 g/mol. The maximum atomic E-state index is 9.75. The molecular formula is C30H35BF4O. The molecule has 0 aliphatic rings. The highest BCUT2D eigenvalue weighted by molar-refractivity contribution is 6.50. The third kappa shape index (κ3) is 6.26. The molecule has 0 amide bonds. The van der Waals surface area contributed by atoms with E-state index in [1.165, 1.54) is 49.7 Å². The minimum absolute atomic E-state index is 0.0712. The highest BCUT2D eigenvalue weighted by Crippen LogP contribution is 2.42. The lowest BCUT2D eigenvalue weighted by molar-refractivity contribution is 0.368. The van der Waals surface area contributed by atoms with Crippen LogP contribution in [-0.2, 0) is 10.8 Å². The van der Waals surface area contributed by atoms with Gasteiger partial charge in [0.2, 0.25) is 0 Å². The summed E-state index contributed by atoms with van der Waals surface area (Å²) in [7, 11) is -6.00. The first-order valence-corrected chi connectivity index (χ1v) is 12.2. The average molecular weight is 498 g/mol. The van der Waals surface area contributed by atoms with Crippen LogP contribution >= 0.6 is 0 Å². The molecule has 0 N–H and O–H groups in total. The molecule has 0 saturated heterocycles. The van der Waals surface area contributed by atoms with Crippen molar-refractivity contribution in [2.24, 2.45) is 0 Å². The van der Waals surface area contributed by atoms with E-state index in [-0.39, 0.29) is 10.8 Å². The molecule has 0 spiro atoms. The van der Waals surface area contributed by atoms with Gasteiger partial charge in [0.05, 0.1) is 10.8 Å². The van der Waals surface area contributed by atoms with Crippen LogP contribution in [0.2, 0.25) is 0 Å². The van der Waals surface area contributed by atoms with Crippen LogP contribution in [0.4, 0.5) is 17.3 Å². The Balaban J connectivity index is 0.000000658. The van der Waals surface area contributed by atoms with E-state index in [0.29, 0.717) is 0 Å². The van der Waals surface area contributed by atoms with Gasteiger partial charge in [0.1, 0.15) is 0 Å². The normalized spacial score (nSPS) is 12.6. The average Bonchev–Trinajstić information content (AvgIpc) is 2.69. The second-order valence-electron chi connectivity index (χ2n) is 11.7. The molecule has 192 valence electrons. The van der Waals surface area contributed by atoms with Gasteiger partial charge in [-0.05, 0) is 71.6 Å². The molecule has 0 radical (unpaired) electrons. The van der Waals surface area contributed by atoms with Gasteiger partial charge in [-0.2, -0.15) is 0 Å². The highest BCUT2D eigenvalue weighted by Gasteiger charge is 2.26. The zero-order valence-corrected chi connectivity index (χ0v) is 22.6. The molecule has 4 aromatic rings. The zero-order chi connectivity index (χ0) is 27.2. The van der Waals surface area contributed by atoms with Crippen molar-refractivity contribution in [1.29, 1.82) is 0 Å². The van der Waals surface area contributed by atoms with E-state index >= 15 is 0 Å². The Hall–Kier alpha value is -2.89. The molecule has 0 fully saturated rings. The van der Waals surface area contributed by atoms with Crippen molar-refractivity contribution in [3.8, 4) is 11.1 Å². The number of halogens is 4. The lowest BCUT2D eigenvalue weighted by atomic mass is 9.83. The Bertz CT molecular complexity index is 1320. The number of hydrogen-bond acceptors (Lipinski definition) is 0. The Morgan fingerprint density at radius 3 is 1.28 bits per heavy atom. The summed E-state index contributed by atoms with van der Waals surface area (Å²) < 4.78 is 45.6. The van der Waals surface area contributed by atoms with Crippen molar-refractivity contribution in [3.05, 3.63) is 76.3 Å². The summed E-state index contributed by atoms with van der Waals surface area (Å²) in [4.78, 5) is 0. The number of rotatable bonds is 1. The molecule has 0 saturated carbocycles. The number of aryl methyl sites for hydroxylation is 3. The van der Waals surface area contributed by atoms with Gasteiger partial charge < -0.3 is 17.3 Å². The summed E-state index contributed by atoms with van der Waals surface area (Å²) >= 11 is 0. The Morgan fingerprint density at radius 2 is 0.944 bits per heavy atom. The summed E-state index contributed by atoms with van der Waals surface area (Å²) in [6.45, 7) is 20.1. The zero-order valence-electron chi connectivity index (χ0n) is 22.6. The Labute approximate surface area is 211 Å². The summed E-state index contributed by atoms with van der Waals surface area (Å²) in [5.74, 6) is 0. The molecule has 6 heteroatoms. The van der Waals surface area contributed by atoms with E-state index in [1.807, 2.05) is 0 Å². The van der Waals surface area contributed by atoms with Crippen LogP contribution in [0.5, 0.6) is 0 Å². The van der Waals surface area contributed by atoms with Crippen molar-refractivity contribution in [2.45, 2.75) is 73.1 Å².